The van der Waals surface area contributed by atoms with Crippen LogP contribution in [0.4, 0.5) is 0 Å². The number of benzene rings is 1. The average molecular weight is 293 g/mol. The lowest BCUT2D eigenvalue weighted by Crippen LogP contribution is -2.09. The van der Waals surface area contributed by atoms with Gasteiger partial charge in [-0.05, 0) is 25.0 Å². The summed E-state index contributed by atoms with van der Waals surface area (Å²) in [6, 6.07) is 7.45. The fourth-order valence-electron chi connectivity index (χ4n) is 1.57. The standard InChI is InChI=1S/C13H13BrN2O/c1-3-10-7-12(17)16-13(15-10)9-5-4-8(2)11(14)6-9/h4-7H,3H2,1-2H3,(H,15,16,17). The summed E-state index contributed by atoms with van der Waals surface area (Å²) in [5.74, 6) is 0.620. The number of aromatic amines is 1. The molecule has 2 aromatic rings. The first-order valence-electron chi connectivity index (χ1n) is 5.47. The zero-order valence-electron chi connectivity index (χ0n) is 9.75. The monoisotopic (exact) mass is 292 g/mol. The Bertz CT molecular complexity index is 605. The largest absolute Gasteiger partial charge is 0.307 e. The van der Waals surface area contributed by atoms with Gasteiger partial charge in [-0.25, -0.2) is 4.98 Å². The minimum Gasteiger partial charge on any atom is -0.307 e. The minimum atomic E-state index is -0.108. The number of aromatic nitrogens is 2. The van der Waals surface area contributed by atoms with Gasteiger partial charge >= 0.3 is 0 Å². The number of nitrogens with zero attached hydrogens (tertiary/aromatic N) is 1. The predicted molar refractivity (Wildman–Crippen MR) is 72.1 cm³/mol. The highest BCUT2D eigenvalue weighted by Gasteiger charge is 2.04. The fourth-order valence-corrected chi connectivity index (χ4v) is 1.94. The van der Waals surface area contributed by atoms with Crippen LogP contribution < -0.4 is 5.56 Å². The Morgan fingerprint density at radius 2 is 2.12 bits per heavy atom. The summed E-state index contributed by atoms with van der Waals surface area (Å²) in [5, 5.41) is 0. The SMILES string of the molecule is CCc1cc(=O)[nH]c(-c2ccc(C)c(Br)c2)n1. The summed E-state index contributed by atoms with van der Waals surface area (Å²) in [4.78, 5) is 18.7. The maximum Gasteiger partial charge on any atom is 0.251 e. The van der Waals surface area contributed by atoms with Crippen LogP contribution in [0.1, 0.15) is 18.2 Å². The molecule has 17 heavy (non-hydrogen) atoms. The number of nitrogens with one attached hydrogen (secondary N) is 1. The third-order valence-corrected chi connectivity index (χ3v) is 3.46. The van der Waals surface area contributed by atoms with E-state index in [9.17, 15) is 4.79 Å². The Morgan fingerprint density at radius 1 is 1.35 bits per heavy atom. The zero-order chi connectivity index (χ0) is 12.4. The molecular formula is C13H13BrN2O. The molecule has 0 unspecified atom stereocenters. The zero-order valence-corrected chi connectivity index (χ0v) is 11.3. The van der Waals surface area contributed by atoms with E-state index in [4.69, 9.17) is 0 Å². The summed E-state index contributed by atoms with van der Waals surface area (Å²) >= 11 is 3.48. The van der Waals surface area contributed by atoms with E-state index in [1.165, 1.54) is 6.07 Å². The Labute approximate surface area is 108 Å². The van der Waals surface area contributed by atoms with Crippen molar-refractivity contribution in [2.75, 3.05) is 0 Å². The van der Waals surface area contributed by atoms with Gasteiger partial charge in [0.2, 0.25) is 0 Å². The van der Waals surface area contributed by atoms with Gasteiger partial charge in [0.25, 0.3) is 5.56 Å². The number of aryl methyl sites for hydroxylation is 2. The molecule has 0 radical (unpaired) electrons. The summed E-state index contributed by atoms with van der Waals surface area (Å²) in [7, 11) is 0. The molecule has 0 saturated carbocycles. The van der Waals surface area contributed by atoms with Gasteiger partial charge in [-0.1, -0.05) is 35.0 Å². The Kier molecular flexibility index (Phi) is 3.43. The molecule has 88 valence electrons. The smallest absolute Gasteiger partial charge is 0.251 e. The van der Waals surface area contributed by atoms with Crippen LogP contribution in [-0.2, 0) is 6.42 Å². The van der Waals surface area contributed by atoms with Crippen molar-refractivity contribution in [1.82, 2.24) is 9.97 Å². The first-order valence-corrected chi connectivity index (χ1v) is 6.26. The van der Waals surface area contributed by atoms with Crippen molar-refractivity contribution in [2.45, 2.75) is 20.3 Å². The summed E-state index contributed by atoms with van der Waals surface area (Å²) in [5.41, 5.74) is 2.77. The van der Waals surface area contributed by atoms with Crippen LogP contribution in [-0.4, -0.2) is 9.97 Å². The molecule has 1 aromatic heterocycles. The van der Waals surface area contributed by atoms with E-state index in [2.05, 4.69) is 25.9 Å². The van der Waals surface area contributed by atoms with E-state index in [-0.39, 0.29) is 5.56 Å². The molecule has 0 aliphatic heterocycles. The van der Waals surface area contributed by atoms with Gasteiger partial charge in [-0.2, -0.15) is 0 Å². The molecule has 1 heterocycles. The predicted octanol–water partition coefficient (Wildman–Crippen LogP) is 3.07. The highest BCUT2D eigenvalue weighted by atomic mass is 79.9. The van der Waals surface area contributed by atoms with E-state index < -0.39 is 0 Å². The first kappa shape index (κ1) is 12.0. The number of H-pyrrole nitrogens is 1. The number of rotatable bonds is 2. The molecule has 1 N–H and O–H groups in total. The highest BCUT2D eigenvalue weighted by Crippen LogP contribution is 2.22. The normalized spacial score (nSPS) is 10.5. The van der Waals surface area contributed by atoms with Gasteiger partial charge < -0.3 is 4.98 Å². The quantitative estimate of drug-likeness (QED) is 0.925. The molecule has 0 amide bonds. The summed E-state index contributed by atoms with van der Waals surface area (Å²) < 4.78 is 1.01. The van der Waals surface area contributed by atoms with Gasteiger partial charge in [-0.15, -0.1) is 0 Å². The molecule has 3 nitrogen and oxygen atoms in total. The lowest BCUT2D eigenvalue weighted by atomic mass is 10.1. The fraction of sp³-hybridized carbons (Fsp3) is 0.231. The van der Waals surface area contributed by atoms with Crippen molar-refractivity contribution in [3.05, 3.63) is 50.3 Å². The van der Waals surface area contributed by atoms with Crippen LogP contribution >= 0.6 is 15.9 Å². The topological polar surface area (TPSA) is 45.8 Å². The van der Waals surface area contributed by atoms with E-state index in [0.29, 0.717) is 5.82 Å². The van der Waals surface area contributed by atoms with Crippen molar-refractivity contribution < 1.29 is 0 Å². The van der Waals surface area contributed by atoms with Crippen LogP contribution in [0.15, 0.2) is 33.5 Å². The molecule has 0 atom stereocenters. The molecule has 2 rings (SSSR count). The Morgan fingerprint density at radius 3 is 2.76 bits per heavy atom. The molecule has 1 aromatic carbocycles. The lowest BCUT2D eigenvalue weighted by molar-refractivity contribution is 0.987. The molecular weight excluding hydrogens is 280 g/mol. The van der Waals surface area contributed by atoms with Crippen molar-refractivity contribution in [3.8, 4) is 11.4 Å². The maximum absolute atomic E-state index is 11.5. The van der Waals surface area contributed by atoms with Crippen molar-refractivity contribution in [3.63, 3.8) is 0 Å². The van der Waals surface area contributed by atoms with Crippen molar-refractivity contribution >= 4 is 15.9 Å². The summed E-state index contributed by atoms with van der Waals surface area (Å²) in [6.45, 7) is 4.00. The van der Waals surface area contributed by atoms with Crippen molar-refractivity contribution in [1.29, 1.82) is 0 Å². The number of hydrogen-bond acceptors (Lipinski definition) is 2. The molecule has 0 aliphatic rings. The van der Waals surface area contributed by atoms with Crippen molar-refractivity contribution in [2.24, 2.45) is 0 Å². The highest BCUT2D eigenvalue weighted by molar-refractivity contribution is 9.10. The van der Waals surface area contributed by atoms with E-state index in [0.717, 1.165) is 27.7 Å². The third-order valence-electron chi connectivity index (χ3n) is 2.60. The minimum absolute atomic E-state index is 0.108. The van der Waals surface area contributed by atoms with Gasteiger partial charge in [0.15, 0.2) is 0 Å². The van der Waals surface area contributed by atoms with Gasteiger partial charge in [0.1, 0.15) is 5.82 Å². The second-order valence-electron chi connectivity index (χ2n) is 3.90. The second-order valence-corrected chi connectivity index (χ2v) is 4.76. The molecule has 0 aliphatic carbocycles. The third kappa shape index (κ3) is 2.64. The summed E-state index contributed by atoms with van der Waals surface area (Å²) in [6.07, 6.45) is 0.754. The molecule has 0 fully saturated rings. The van der Waals surface area contributed by atoms with E-state index in [1.54, 1.807) is 0 Å². The molecule has 4 heteroatoms. The Balaban J connectivity index is 2.55. The molecule has 0 bridgehead atoms. The van der Waals surface area contributed by atoms with Crippen LogP contribution in [0.3, 0.4) is 0 Å². The van der Waals surface area contributed by atoms with Gasteiger partial charge in [0.05, 0.1) is 0 Å². The van der Waals surface area contributed by atoms with E-state index >= 15 is 0 Å². The number of hydrogen-bond donors (Lipinski definition) is 1. The molecule has 0 saturated heterocycles. The van der Waals surface area contributed by atoms with Crippen LogP contribution in [0, 0.1) is 6.92 Å². The Hall–Kier alpha value is -1.42. The maximum atomic E-state index is 11.5. The lowest BCUT2D eigenvalue weighted by Gasteiger charge is -2.05. The average Bonchev–Trinajstić information content (AvgIpc) is 2.32. The first-order chi connectivity index (χ1) is 8.10. The van der Waals surface area contributed by atoms with Gasteiger partial charge in [-0.3, -0.25) is 4.79 Å². The van der Waals surface area contributed by atoms with Gasteiger partial charge in [0, 0.05) is 21.8 Å². The molecule has 0 spiro atoms. The van der Waals surface area contributed by atoms with Crippen LogP contribution in [0.25, 0.3) is 11.4 Å². The van der Waals surface area contributed by atoms with Crippen LogP contribution in [0.2, 0.25) is 0 Å². The number of halogens is 1. The second kappa shape index (κ2) is 4.84. The van der Waals surface area contributed by atoms with E-state index in [1.807, 2.05) is 32.0 Å². The van der Waals surface area contributed by atoms with Crippen LogP contribution in [0.5, 0.6) is 0 Å².